The van der Waals surface area contributed by atoms with E-state index in [0.29, 0.717) is 37.4 Å². The normalized spacial score (nSPS) is 15.3. The molecular formula is C20H24N2O4S. The van der Waals surface area contributed by atoms with Gasteiger partial charge in [0.25, 0.3) is 10.0 Å². The third kappa shape index (κ3) is 4.87. The van der Waals surface area contributed by atoms with Crippen LogP contribution in [-0.4, -0.2) is 27.5 Å². The van der Waals surface area contributed by atoms with Gasteiger partial charge in [0.1, 0.15) is 0 Å². The average Bonchev–Trinajstić information content (AvgIpc) is 2.66. The van der Waals surface area contributed by atoms with Crippen LogP contribution in [0, 0.1) is 19.8 Å². The van der Waals surface area contributed by atoms with Gasteiger partial charge in [-0.3, -0.25) is 9.52 Å². The van der Waals surface area contributed by atoms with Gasteiger partial charge in [0.05, 0.1) is 4.90 Å². The molecule has 2 aromatic carbocycles. The second-order valence-electron chi connectivity index (χ2n) is 6.80. The molecule has 2 aromatic rings. The van der Waals surface area contributed by atoms with Crippen LogP contribution in [0.15, 0.2) is 47.4 Å². The highest BCUT2D eigenvalue weighted by molar-refractivity contribution is 7.92. The van der Waals surface area contributed by atoms with E-state index in [4.69, 9.17) is 4.74 Å². The number of nitrogens with one attached hydrogen (secondary N) is 2. The lowest BCUT2D eigenvalue weighted by Crippen LogP contribution is -2.28. The topological polar surface area (TPSA) is 84.5 Å². The zero-order chi connectivity index (χ0) is 19.4. The Morgan fingerprint density at radius 3 is 2.22 bits per heavy atom. The Morgan fingerprint density at radius 1 is 0.963 bits per heavy atom. The van der Waals surface area contributed by atoms with Crippen LogP contribution in [0.3, 0.4) is 0 Å². The van der Waals surface area contributed by atoms with Crippen LogP contribution in [0.4, 0.5) is 11.4 Å². The molecule has 0 unspecified atom stereocenters. The fraction of sp³-hybridized carbons (Fsp3) is 0.350. The van der Waals surface area contributed by atoms with Crippen molar-refractivity contribution >= 4 is 27.3 Å². The molecule has 1 fully saturated rings. The molecule has 7 heteroatoms. The molecule has 0 saturated carbocycles. The SMILES string of the molecule is Cc1ccc(NS(=O)(=O)c2ccc(NC(=O)C3CCOCC3)cc2)cc1C. The smallest absolute Gasteiger partial charge is 0.261 e. The summed E-state index contributed by atoms with van der Waals surface area (Å²) in [5.74, 6) is -0.115. The predicted octanol–water partition coefficient (Wildman–Crippen LogP) is 3.47. The van der Waals surface area contributed by atoms with Crippen LogP contribution in [-0.2, 0) is 19.6 Å². The zero-order valence-corrected chi connectivity index (χ0v) is 16.3. The number of amides is 1. The van der Waals surface area contributed by atoms with E-state index < -0.39 is 10.0 Å². The van der Waals surface area contributed by atoms with Crippen LogP contribution in [0.5, 0.6) is 0 Å². The Labute approximate surface area is 160 Å². The van der Waals surface area contributed by atoms with Crippen molar-refractivity contribution in [3.05, 3.63) is 53.6 Å². The molecule has 0 radical (unpaired) electrons. The van der Waals surface area contributed by atoms with Gasteiger partial charge < -0.3 is 10.1 Å². The van der Waals surface area contributed by atoms with Crippen molar-refractivity contribution in [1.82, 2.24) is 0 Å². The standard InChI is InChI=1S/C20H24N2O4S/c1-14-3-4-18(13-15(14)2)22-27(24,25)19-7-5-17(6-8-19)21-20(23)16-9-11-26-12-10-16/h3-8,13,16,22H,9-12H2,1-2H3,(H,21,23). The minimum absolute atomic E-state index is 0.0536. The van der Waals surface area contributed by atoms with Gasteiger partial charge in [0, 0.05) is 30.5 Å². The van der Waals surface area contributed by atoms with Crippen LogP contribution < -0.4 is 10.0 Å². The van der Waals surface area contributed by atoms with Crippen LogP contribution in [0.25, 0.3) is 0 Å². The van der Waals surface area contributed by atoms with Crippen LogP contribution in [0.2, 0.25) is 0 Å². The molecule has 0 spiro atoms. The van der Waals surface area contributed by atoms with E-state index in [2.05, 4.69) is 10.0 Å². The number of carbonyl (C=O) groups is 1. The van der Waals surface area contributed by atoms with E-state index in [1.807, 2.05) is 19.9 Å². The third-order valence-corrected chi connectivity index (χ3v) is 6.18. The number of hydrogen-bond donors (Lipinski definition) is 2. The lowest BCUT2D eigenvalue weighted by atomic mass is 9.99. The molecule has 6 nitrogen and oxygen atoms in total. The molecule has 3 rings (SSSR count). The minimum Gasteiger partial charge on any atom is -0.381 e. The van der Waals surface area contributed by atoms with E-state index in [9.17, 15) is 13.2 Å². The van der Waals surface area contributed by atoms with Crippen molar-refractivity contribution in [3.8, 4) is 0 Å². The second-order valence-corrected chi connectivity index (χ2v) is 8.49. The first-order valence-corrected chi connectivity index (χ1v) is 10.4. The van der Waals surface area contributed by atoms with Crippen molar-refractivity contribution in [3.63, 3.8) is 0 Å². The lowest BCUT2D eigenvalue weighted by Gasteiger charge is -2.21. The maximum Gasteiger partial charge on any atom is 0.261 e. The summed E-state index contributed by atoms with van der Waals surface area (Å²) in [6.07, 6.45) is 1.41. The highest BCUT2D eigenvalue weighted by atomic mass is 32.2. The number of anilines is 2. The maximum atomic E-state index is 12.6. The molecule has 0 atom stereocenters. The van der Waals surface area contributed by atoms with Gasteiger partial charge in [-0.1, -0.05) is 6.07 Å². The number of benzene rings is 2. The Kier molecular flexibility index (Phi) is 5.82. The van der Waals surface area contributed by atoms with E-state index >= 15 is 0 Å². The Hall–Kier alpha value is -2.38. The first-order chi connectivity index (χ1) is 12.8. The third-order valence-electron chi connectivity index (χ3n) is 4.78. The van der Waals surface area contributed by atoms with Gasteiger partial charge in [-0.05, 0) is 74.2 Å². The molecule has 1 amide bonds. The van der Waals surface area contributed by atoms with Crippen molar-refractivity contribution in [1.29, 1.82) is 0 Å². The highest BCUT2D eigenvalue weighted by Crippen LogP contribution is 2.22. The molecule has 27 heavy (non-hydrogen) atoms. The summed E-state index contributed by atoms with van der Waals surface area (Å²) in [6.45, 7) is 5.10. The van der Waals surface area contributed by atoms with Gasteiger partial charge in [-0.15, -0.1) is 0 Å². The molecule has 1 aliphatic heterocycles. The fourth-order valence-corrected chi connectivity index (χ4v) is 3.99. The molecule has 1 heterocycles. The molecule has 0 bridgehead atoms. The average molecular weight is 388 g/mol. The van der Waals surface area contributed by atoms with Crippen LogP contribution in [0.1, 0.15) is 24.0 Å². The van der Waals surface area contributed by atoms with Crippen LogP contribution >= 0.6 is 0 Å². The monoisotopic (exact) mass is 388 g/mol. The van der Waals surface area contributed by atoms with Crippen molar-refractivity contribution in [2.75, 3.05) is 23.3 Å². The Morgan fingerprint density at radius 2 is 1.59 bits per heavy atom. The molecule has 1 saturated heterocycles. The minimum atomic E-state index is -3.69. The predicted molar refractivity (Wildman–Crippen MR) is 105 cm³/mol. The first kappa shape index (κ1) is 19.4. The molecular weight excluding hydrogens is 364 g/mol. The summed E-state index contributed by atoms with van der Waals surface area (Å²) in [5, 5.41) is 2.84. The number of aryl methyl sites for hydroxylation is 2. The number of rotatable bonds is 5. The summed E-state index contributed by atoms with van der Waals surface area (Å²) < 4.78 is 33.0. The Bertz CT molecular complexity index is 917. The highest BCUT2D eigenvalue weighted by Gasteiger charge is 2.22. The van der Waals surface area contributed by atoms with Crippen molar-refractivity contribution < 1.29 is 17.9 Å². The van der Waals surface area contributed by atoms with Crippen molar-refractivity contribution in [2.45, 2.75) is 31.6 Å². The number of sulfonamides is 1. The van der Waals surface area contributed by atoms with Gasteiger partial charge in [-0.2, -0.15) is 0 Å². The maximum absolute atomic E-state index is 12.6. The van der Waals surface area contributed by atoms with Gasteiger partial charge in [0.2, 0.25) is 5.91 Å². The number of hydrogen-bond acceptors (Lipinski definition) is 4. The molecule has 2 N–H and O–H groups in total. The lowest BCUT2D eigenvalue weighted by molar-refractivity contribution is -0.122. The summed E-state index contributed by atoms with van der Waals surface area (Å²) in [6, 6.07) is 11.6. The summed E-state index contributed by atoms with van der Waals surface area (Å²) in [7, 11) is -3.69. The molecule has 0 aromatic heterocycles. The first-order valence-electron chi connectivity index (χ1n) is 8.94. The summed E-state index contributed by atoms with van der Waals surface area (Å²) in [4.78, 5) is 12.4. The van der Waals surface area contributed by atoms with Gasteiger partial charge in [-0.25, -0.2) is 8.42 Å². The summed E-state index contributed by atoms with van der Waals surface area (Å²) >= 11 is 0. The second kappa shape index (κ2) is 8.10. The zero-order valence-electron chi connectivity index (χ0n) is 15.5. The molecule has 1 aliphatic rings. The van der Waals surface area contributed by atoms with E-state index in [0.717, 1.165) is 11.1 Å². The van der Waals surface area contributed by atoms with E-state index in [1.54, 1.807) is 24.3 Å². The largest absolute Gasteiger partial charge is 0.381 e. The van der Waals surface area contributed by atoms with E-state index in [1.165, 1.54) is 12.1 Å². The van der Waals surface area contributed by atoms with E-state index in [-0.39, 0.29) is 16.7 Å². The summed E-state index contributed by atoms with van der Waals surface area (Å²) in [5.41, 5.74) is 3.22. The van der Waals surface area contributed by atoms with Crippen molar-refractivity contribution in [2.24, 2.45) is 5.92 Å². The fourth-order valence-electron chi connectivity index (χ4n) is 2.94. The molecule has 0 aliphatic carbocycles. The molecule has 144 valence electrons. The number of ether oxygens (including phenoxy) is 1. The van der Waals surface area contributed by atoms with Gasteiger partial charge in [0.15, 0.2) is 0 Å². The number of carbonyl (C=O) groups excluding carboxylic acids is 1. The Balaban J connectivity index is 1.68. The van der Waals surface area contributed by atoms with Gasteiger partial charge >= 0.3 is 0 Å². The quantitative estimate of drug-likeness (QED) is 0.821.